The Morgan fingerprint density at radius 2 is 1.73 bits per heavy atom. The lowest BCUT2D eigenvalue weighted by atomic mass is 10.1. The van der Waals surface area contributed by atoms with Crippen LogP contribution in [0.5, 0.6) is 0 Å². The Morgan fingerprint density at radius 3 is 2.36 bits per heavy atom. The summed E-state index contributed by atoms with van der Waals surface area (Å²) in [5.41, 5.74) is 0.114. The molecule has 0 saturated carbocycles. The van der Waals surface area contributed by atoms with E-state index in [1.165, 1.54) is 37.4 Å². The van der Waals surface area contributed by atoms with Crippen LogP contribution < -0.4 is 9.80 Å². The minimum atomic E-state index is -4.50. The van der Waals surface area contributed by atoms with E-state index in [0.717, 1.165) is 6.07 Å². The SMILES string of the molecule is CC(=O)c1nc(-c2ccc(F)c(Cl)c2)cc(N2CCN(c3ncccc3C(F)(F)F)CC2)n1. The molecule has 4 rings (SSSR count). The van der Waals surface area contributed by atoms with Gasteiger partial charge in [-0.1, -0.05) is 11.6 Å². The molecule has 0 radical (unpaired) electrons. The van der Waals surface area contributed by atoms with Gasteiger partial charge in [0.25, 0.3) is 0 Å². The van der Waals surface area contributed by atoms with Crippen molar-refractivity contribution in [2.75, 3.05) is 36.0 Å². The van der Waals surface area contributed by atoms with Gasteiger partial charge in [0.05, 0.1) is 16.3 Å². The molecule has 0 unspecified atom stereocenters. The molecule has 1 aromatic carbocycles. The van der Waals surface area contributed by atoms with Gasteiger partial charge in [-0.2, -0.15) is 13.2 Å². The molecular formula is C22H18ClF4N5O. The second-order valence-electron chi connectivity index (χ2n) is 7.47. The Labute approximate surface area is 191 Å². The number of pyridine rings is 1. The summed E-state index contributed by atoms with van der Waals surface area (Å²) in [6, 6.07) is 8.03. The molecule has 2 aromatic heterocycles. The molecule has 0 atom stereocenters. The largest absolute Gasteiger partial charge is 0.419 e. The van der Waals surface area contributed by atoms with E-state index in [1.807, 2.05) is 4.90 Å². The van der Waals surface area contributed by atoms with E-state index in [1.54, 1.807) is 11.0 Å². The number of hydrogen-bond donors (Lipinski definition) is 0. The lowest BCUT2D eigenvalue weighted by Gasteiger charge is -2.37. The molecule has 33 heavy (non-hydrogen) atoms. The van der Waals surface area contributed by atoms with Gasteiger partial charge in [-0.25, -0.2) is 19.3 Å². The number of ketones is 1. The topological polar surface area (TPSA) is 62.2 Å². The van der Waals surface area contributed by atoms with Gasteiger partial charge in [0.2, 0.25) is 0 Å². The Bertz CT molecular complexity index is 1200. The summed E-state index contributed by atoms with van der Waals surface area (Å²) in [6.07, 6.45) is -3.17. The number of anilines is 2. The van der Waals surface area contributed by atoms with Crippen LogP contribution in [0.2, 0.25) is 5.02 Å². The third-order valence-electron chi connectivity index (χ3n) is 5.24. The molecule has 0 spiro atoms. The molecule has 0 N–H and O–H groups in total. The zero-order valence-corrected chi connectivity index (χ0v) is 18.2. The molecule has 1 aliphatic rings. The zero-order valence-electron chi connectivity index (χ0n) is 17.4. The highest BCUT2D eigenvalue weighted by Gasteiger charge is 2.36. The summed E-state index contributed by atoms with van der Waals surface area (Å²) >= 11 is 5.89. The monoisotopic (exact) mass is 479 g/mol. The minimum absolute atomic E-state index is 0.0190. The number of alkyl halides is 3. The molecule has 6 nitrogen and oxygen atoms in total. The van der Waals surface area contributed by atoms with Crippen LogP contribution >= 0.6 is 11.6 Å². The lowest BCUT2D eigenvalue weighted by Crippen LogP contribution is -2.47. The second-order valence-corrected chi connectivity index (χ2v) is 7.87. The number of carbonyl (C=O) groups is 1. The number of nitrogens with zero attached hydrogens (tertiary/aromatic N) is 5. The molecule has 172 valence electrons. The van der Waals surface area contributed by atoms with Crippen LogP contribution in [0.25, 0.3) is 11.3 Å². The van der Waals surface area contributed by atoms with Crippen molar-refractivity contribution in [3.8, 4) is 11.3 Å². The van der Waals surface area contributed by atoms with Crippen molar-refractivity contribution in [1.29, 1.82) is 0 Å². The fourth-order valence-electron chi connectivity index (χ4n) is 3.57. The van der Waals surface area contributed by atoms with Gasteiger partial charge in [-0.15, -0.1) is 0 Å². The van der Waals surface area contributed by atoms with Crippen molar-refractivity contribution >= 4 is 29.0 Å². The van der Waals surface area contributed by atoms with Crippen molar-refractivity contribution in [3.63, 3.8) is 0 Å². The van der Waals surface area contributed by atoms with Crippen LogP contribution in [-0.4, -0.2) is 46.9 Å². The number of piperazine rings is 1. The molecule has 11 heteroatoms. The van der Waals surface area contributed by atoms with Gasteiger partial charge in [-0.3, -0.25) is 4.79 Å². The van der Waals surface area contributed by atoms with E-state index in [-0.39, 0.29) is 35.5 Å². The number of carbonyl (C=O) groups excluding carboxylic acids is 1. The van der Waals surface area contributed by atoms with Crippen molar-refractivity contribution in [1.82, 2.24) is 15.0 Å². The maximum atomic E-state index is 13.6. The molecule has 3 heterocycles. The first-order chi connectivity index (χ1) is 15.6. The number of hydrogen-bond acceptors (Lipinski definition) is 6. The van der Waals surface area contributed by atoms with E-state index in [9.17, 15) is 22.4 Å². The maximum Gasteiger partial charge on any atom is 0.419 e. The summed E-state index contributed by atoms with van der Waals surface area (Å²) in [4.78, 5) is 28.0. The van der Waals surface area contributed by atoms with Crippen LogP contribution in [0.1, 0.15) is 23.1 Å². The maximum absolute atomic E-state index is 13.6. The summed E-state index contributed by atoms with van der Waals surface area (Å²) in [5, 5.41) is -0.0820. The van der Waals surface area contributed by atoms with Gasteiger partial charge < -0.3 is 9.80 Å². The molecule has 1 saturated heterocycles. The summed E-state index contributed by atoms with van der Waals surface area (Å²) in [5.74, 6) is -0.617. The summed E-state index contributed by atoms with van der Waals surface area (Å²) < 4.78 is 53.7. The van der Waals surface area contributed by atoms with Crippen LogP contribution in [0.3, 0.4) is 0 Å². The zero-order chi connectivity index (χ0) is 23.8. The van der Waals surface area contributed by atoms with Crippen molar-refractivity contribution in [3.05, 3.63) is 64.8 Å². The van der Waals surface area contributed by atoms with Crippen LogP contribution in [-0.2, 0) is 6.18 Å². The van der Waals surface area contributed by atoms with Gasteiger partial charge in [0, 0.05) is 50.9 Å². The first-order valence-corrected chi connectivity index (χ1v) is 10.4. The first kappa shape index (κ1) is 22.9. The Balaban J connectivity index is 1.60. The molecule has 0 amide bonds. The predicted molar refractivity (Wildman–Crippen MR) is 116 cm³/mol. The normalized spacial score (nSPS) is 14.5. The number of benzene rings is 1. The summed E-state index contributed by atoms with van der Waals surface area (Å²) in [7, 11) is 0. The molecule has 0 aliphatic carbocycles. The predicted octanol–water partition coefficient (Wildman–Crippen LogP) is 4.88. The molecule has 1 fully saturated rings. The lowest BCUT2D eigenvalue weighted by molar-refractivity contribution is -0.137. The minimum Gasteiger partial charge on any atom is -0.353 e. The molecule has 1 aliphatic heterocycles. The van der Waals surface area contributed by atoms with Crippen molar-refractivity contribution < 1.29 is 22.4 Å². The van der Waals surface area contributed by atoms with E-state index in [4.69, 9.17) is 11.6 Å². The van der Waals surface area contributed by atoms with Gasteiger partial charge in [0.15, 0.2) is 11.6 Å². The highest BCUT2D eigenvalue weighted by molar-refractivity contribution is 6.31. The average Bonchev–Trinajstić information content (AvgIpc) is 2.80. The Hall–Kier alpha value is -3.27. The number of Topliss-reactive ketones (excluding diaryl/α,β-unsaturated/α-hetero) is 1. The van der Waals surface area contributed by atoms with Crippen LogP contribution in [0.4, 0.5) is 29.2 Å². The highest BCUT2D eigenvalue weighted by atomic mass is 35.5. The van der Waals surface area contributed by atoms with E-state index in [2.05, 4.69) is 15.0 Å². The molecule has 3 aromatic rings. The van der Waals surface area contributed by atoms with E-state index >= 15 is 0 Å². The first-order valence-electron chi connectivity index (χ1n) is 10.0. The third kappa shape index (κ3) is 4.90. The number of rotatable bonds is 4. The van der Waals surface area contributed by atoms with Gasteiger partial charge in [0.1, 0.15) is 17.5 Å². The average molecular weight is 480 g/mol. The second kappa shape index (κ2) is 8.93. The van der Waals surface area contributed by atoms with Crippen molar-refractivity contribution in [2.45, 2.75) is 13.1 Å². The molecular weight excluding hydrogens is 462 g/mol. The van der Waals surface area contributed by atoms with Gasteiger partial charge >= 0.3 is 6.18 Å². The van der Waals surface area contributed by atoms with Gasteiger partial charge in [-0.05, 0) is 30.3 Å². The Morgan fingerprint density at radius 1 is 1.03 bits per heavy atom. The fourth-order valence-corrected chi connectivity index (χ4v) is 3.76. The van der Waals surface area contributed by atoms with E-state index in [0.29, 0.717) is 30.2 Å². The van der Waals surface area contributed by atoms with E-state index < -0.39 is 17.6 Å². The van der Waals surface area contributed by atoms with Crippen LogP contribution in [0.15, 0.2) is 42.6 Å². The number of halogens is 5. The third-order valence-corrected chi connectivity index (χ3v) is 5.53. The number of aromatic nitrogens is 3. The summed E-state index contributed by atoms with van der Waals surface area (Å²) in [6.45, 7) is 2.59. The Kier molecular flexibility index (Phi) is 6.20. The smallest absolute Gasteiger partial charge is 0.353 e. The molecule has 0 bridgehead atoms. The highest BCUT2D eigenvalue weighted by Crippen LogP contribution is 2.35. The standard InChI is InChI=1S/C22H18ClF4N5O/c1-13(33)20-29-18(14-4-5-17(24)16(23)11-14)12-19(30-20)31-7-9-32(10-8-31)21-15(22(25,26)27)3-2-6-28-21/h2-6,11-12H,7-10H2,1H3. The van der Waals surface area contributed by atoms with Crippen molar-refractivity contribution in [2.24, 2.45) is 0 Å². The van der Waals surface area contributed by atoms with Crippen LogP contribution in [0, 0.1) is 5.82 Å². The quantitative estimate of drug-likeness (QED) is 0.392. The fraction of sp³-hybridized carbons (Fsp3) is 0.273.